The summed E-state index contributed by atoms with van der Waals surface area (Å²) >= 11 is 1.31. The molecule has 0 aliphatic carbocycles. The van der Waals surface area contributed by atoms with E-state index < -0.39 is 15.4 Å². The van der Waals surface area contributed by atoms with Crippen molar-refractivity contribution >= 4 is 38.2 Å². The van der Waals surface area contributed by atoms with Crippen molar-refractivity contribution in [3.8, 4) is 0 Å². The molecule has 8 nitrogen and oxygen atoms in total. The van der Waals surface area contributed by atoms with Crippen LogP contribution in [0.2, 0.25) is 0 Å². The summed E-state index contributed by atoms with van der Waals surface area (Å²) in [6, 6.07) is 6.07. The van der Waals surface area contributed by atoms with Crippen molar-refractivity contribution in [3.63, 3.8) is 0 Å². The van der Waals surface area contributed by atoms with Gasteiger partial charge >= 0.3 is 6.09 Å². The predicted octanol–water partition coefficient (Wildman–Crippen LogP) is 3.08. The summed E-state index contributed by atoms with van der Waals surface area (Å²) in [4.78, 5) is 34.2. The van der Waals surface area contributed by atoms with Crippen molar-refractivity contribution in [2.24, 2.45) is 11.8 Å². The Balaban J connectivity index is 1.41. The number of aromatic nitrogens is 1. The second kappa shape index (κ2) is 8.15. The first-order chi connectivity index (χ1) is 14.9. The van der Waals surface area contributed by atoms with Gasteiger partial charge in [-0.3, -0.25) is 4.79 Å². The van der Waals surface area contributed by atoms with Gasteiger partial charge in [0, 0.05) is 49.8 Å². The lowest BCUT2D eigenvalue weighted by Crippen LogP contribution is -2.37. The summed E-state index contributed by atoms with van der Waals surface area (Å²) in [5.74, 6) is 0.448. The van der Waals surface area contributed by atoms with Gasteiger partial charge in [-0.1, -0.05) is 23.5 Å². The van der Waals surface area contributed by atoms with Crippen molar-refractivity contribution in [2.45, 2.75) is 31.3 Å². The zero-order valence-electron chi connectivity index (χ0n) is 18.6. The van der Waals surface area contributed by atoms with Crippen LogP contribution in [0.25, 0.3) is 0 Å². The molecule has 2 atom stereocenters. The normalized spacial score (nSPS) is 21.0. The minimum absolute atomic E-state index is 0.120. The Bertz CT molecular complexity index is 1140. The van der Waals surface area contributed by atoms with E-state index in [1.165, 1.54) is 23.5 Å². The summed E-state index contributed by atoms with van der Waals surface area (Å²) in [6.07, 6.45) is 2.41. The van der Waals surface area contributed by atoms with Gasteiger partial charge in [0.05, 0.1) is 16.0 Å². The number of benzene rings is 1. The van der Waals surface area contributed by atoms with Crippen LogP contribution in [0.5, 0.6) is 0 Å². The monoisotopic (exact) mass is 477 g/mol. The molecule has 2 unspecified atom stereocenters. The topological polar surface area (TPSA) is 96.9 Å². The molecule has 1 aromatic carbocycles. The molecule has 0 N–H and O–H groups in total. The Labute approximate surface area is 192 Å². The number of hydrogen-bond acceptors (Lipinski definition) is 8. The SMILES string of the molecule is CC(C)(C)OC(=O)N1CC2CN(c3ncc(C(=O)c4cccc(S(C)(=O)=O)c4)s3)CC2C1. The van der Waals surface area contributed by atoms with Crippen molar-refractivity contribution < 1.29 is 22.7 Å². The van der Waals surface area contributed by atoms with Crippen LogP contribution in [0.1, 0.15) is 36.0 Å². The number of fused-ring (bicyclic) bond motifs is 1. The zero-order valence-corrected chi connectivity index (χ0v) is 20.2. The van der Waals surface area contributed by atoms with E-state index in [0.29, 0.717) is 35.4 Å². The van der Waals surface area contributed by atoms with Crippen LogP contribution in [0.4, 0.5) is 9.93 Å². The molecule has 2 saturated heterocycles. The molecule has 0 bridgehead atoms. The van der Waals surface area contributed by atoms with Crippen molar-refractivity contribution in [3.05, 3.63) is 40.9 Å². The number of ketones is 1. The van der Waals surface area contributed by atoms with Gasteiger partial charge < -0.3 is 14.5 Å². The number of ether oxygens (including phenoxy) is 1. The lowest BCUT2D eigenvalue weighted by molar-refractivity contribution is 0.0282. The number of nitrogens with zero attached hydrogens (tertiary/aromatic N) is 3. The van der Waals surface area contributed by atoms with Crippen molar-refractivity contribution in [1.82, 2.24) is 9.88 Å². The third kappa shape index (κ3) is 4.80. The first-order valence-electron chi connectivity index (χ1n) is 10.4. The second-order valence-electron chi connectivity index (χ2n) is 9.45. The largest absolute Gasteiger partial charge is 0.444 e. The number of hydrogen-bond donors (Lipinski definition) is 0. The highest BCUT2D eigenvalue weighted by Gasteiger charge is 2.43. The molecule has 0 radical (unpaired) electrons. The van der Waals surface area contributed by atoms with E-state index in [9.17, 15) is 18.0 Å². The van der Waals surface area contributed by atoms with E-state index in [4.69, 9.17) is 4.74 Å². The van der Waals surface area contributed by atoms with Crippen molar-refractivity contribution in [2.75, 3.05) is 37.3 Å². The zero-order chi connectivity index (χ0) is 23.3. The van der Waals surface area contributed by atoms with Gasteiger partial charge in [-0.15, -0.1) is 0 Å². The number of likely N-dealkylation sites (tertiary alicyclic amines) is 1. The minimum Gasteiger partial charge on any atom is -0.444 e. The van der Waals surface area contributed by atoms with Crippen LogP contribution >= 0.6 is 11.3 Å². The maximum Gasteiger partial charge on any atom is 0.410 e. The van der Waals surface area contributed by atoms with E-state index in [-0.39, 0.29) is 16.8 Å². The average molecular weight is 478 g/mol. The number of rotatable bonds is 4. The summed E-state index contributed by atoms with van der Waals surface area (Å²) in [6.45, 7) is 8.45. The molecular formula is C22H27N3O5S2. The Kier molecular flexibility index (Phi) is 5.79. The first kappa shape index (κ1) is 22.7. The molecule has 2 aliphatic rings. The average Bonchev–Trinajstić information content (AvgIpc) is 3.39. The molecule has 2 fully saturated rings. The molecule has 1 aromatic heterocycles. The maximum absolute atomic E-state index is 12.9. The molecule has 1 amide bonds. The van der Waals surface area contributed by atoms with E-state index in [0.717, 1.165) is 24.5 Å². The Hall–Kier alpha value is -2.46. The number of thiazole rings is 1. The van der Waals surface area contributed by atoms with E-state index >= 15 is 0 Å². The fourth-order valence-electron chi connectivity index (χ4n) is 4.15. The van der Waals surface area contributed by atoms with Crippen LogP contribution in [0, 0.1) is 11.8 Å². The number of amides is 1. The minimum atomic E-state index is -3.39. The van der Waals surface area contributed by atoms with Gasteiger partial charge in [-0.05, 0) is 32.9 Å². The molecular weight excluding hydrogens is 450 g/mol. The third-order valence-corrected chi connectivity index (χ3v) is 7.82. The quantitative estimate of drug-likeness (QED) is 0.624. The van der Waals surface area contributed by atoms with Crippen LogP contribution < -0.4 is 4.90 Å². The lowest BCUT2D eigenvalue weighted by Gasteiger charge is -2.25. The highest BCUT2D eigenvalue weighted by molar-refractivity contribution is 7.90. The Morgan fingerprint density at radius 1 is 1.12 bits per heavy atom. The molecule has 3 heterocycles. The van der Waals surface area contributed by atoms with Crippen molar-refractivity contribution in [1.29, 1.82) is 0 Å². The number of sulfone groups is 1. The summed E-state index contributed by atoms with van der Waals surface area (Å²) in [5.41, 5.74) is -0.180. The molecule has 172 valence electrons. The van der Waals surface area contributed by atoms with Crippen LogP contribution in [-0.4, -0.2) is 68.2 Å². The lowest BCUT2D eigenvalue weighted by atomic mass is 10.0. The maximum atomic E-state index is 12.9. The highest BCUT2D eigenvalue weighted by atomic mass is 32.2. The number of carbonyl (C=O) groups is 2. The van der Waals surface area contributed by atoms with E-state index in [2.05, 4.69) is 9.88 Å². The summed E-state index contributed by atoms with van der Waals surface area (Å²) in [7, 11) is -3.39. The van der Waals surface area contributed by atoms with E-state index in [1.54, 1.807) is 23.2 Å². The molecule has 10 heteroatoms. The fourth-order valence-corrected chi connectivity index (χ4v) is 5.71. The fraction of sp³-hybridized carbons (Fsp3) is 0.500. The van der Waals surface area contributed by atoms with Gasteiger partial charge in [0.15, 0.2) is 15.0 Å². The van der Waals surface area contributed by atoms with Crippen LogP contribution in [-0.2, 0) is 14.6 Å². The number of anilines is 1. The summed E-state index contributed by atoms with van der Waals surface area (Å²) in [5, 5.41) is 0.769. The number of carbonyl (C=O) groups excluding carboxylic acids is 2. The first-order valence-corrected chi connectivity index (χ1v) is 13.1. The molecule has 0 saturated carbocycles. The highest BCUT2D eigenvalue weighted by Crippen LogP contribution is 2.36. The van der Waals surface area contributed by atoms with Gasteiger partial charge in [0.1, 0.15) is 5.60 Å². The Morgan fingerprint density at radius 2 is 1.78 bits per heavy atom. The van der Waals surface area contributed by atoms with Gasteiger partial charge in [0.2, 0.25) is 5.78 Å². The second-order valence-corrected chi connectivity index (χ2v) is 12.5. The smallest absolute Gasteiger partial charge is 0.410 e. The third-order valence-electron chi connectivity index (χ3n) is 5.65. The predicted molar refractivity (Wildman–Crippen MR) is 122 cm³/mol. The molecule has 4 rings (SSSR count). The molecule has 0 spiro atoms. The Morgan fingerprint density at radius 3 is 2.38 bits per heavy atom. The van der Waals surface area contributed by atoms with Crippen LogP contribution in [0.3, 0.4) is 0 Å². The van der Waals surface area contributed by atoms with Gasteiger partial charge in [-0.2, -0.15) is 0 Å². The van der Waals surface area contributed by atoms with Crippen LogP contribution in [0.15, 0.2) is 35.4 Å². The van der Waals surface area contributed by atoms with Gasteiger partial charge in [0.25, 0.3) is 0 Å². The van der Waals surface area contributed by atoms with E-state index in [1.807, 2.05) is 20.8 Å². The molecule has 32 heavy (non-hydrogen) atoms. The molecule has 2 aromatic rings. The standard InChI is InChI=1S/C22H27N3O5S2/c1-22(2,3)30-21(27)25-12-15-10-24(11-16(15)13-25)20-23-9-18(31-20)19(26)14-6-5-7-17(8-14)32(4,28)29/h5-9,15-16H,10-13H2,1-4H3. The molecule has 2 aliphatic heterocycles. The van der Waals surface area contributed by atoms with Gasteiger partial charge in [-0.25, -0.2) is 18.2 Å². The summed E-state index contributed by atoms with van der Waals surface area (Å²) < 4.78 is 29.1.